The van der Waals surface area contributed by atoms with Crippen LogP contribution in [-0.4, -0.2) is 0 Å². The number of aryl methyl sites for hydroxylation is 1. The van der Waals surface area contributed by atoms with E-state index in [1.54, 1.807) is 0 Å². The van der Waals surface area contributed by atoms with E-state index in [4.69, 9.17) is 4.74 Å². The third-order valence-corrected chi connectivity index (χ3v) is 3.73. The molecular weight excluding hydrogens is 397 g/mol. The lowest BCUT2D eigenvalue weighted by molar-refractivity contribution is -0.682. The van der Waals surface area contributed by atoms with E-state index in [0.29, 0.717) is 6.61 Å². The molecular formula is C20H20INO. The highest BCUT2D eigenvalue weighted by atomic mass is 127. The summed E-state index contributed by atoms with van der Waals surface area (Å²) >= 11 is 0. The van der Waals surface area contributed by atoms with E-state index >= 15 is 0 Å². The summed E-state index contributed by atoms with van der Waals surface area (Å²) in [7, 11) is 2.05. The van der Waals surface area contributed by atoms with Crippen molar-refractivity contribution in [3.8, 4) is 0 Å². The van der Waals surface area contributed by atoms with Crippen LogP contribution < -0.4 is 28.5 Å². The number of pyridine rings is 1. The largest absolute Gasteiger partial charge is 1.00 e. The van der Waals surface area contributed by atoms with Crippen molar-refractivity contribution >= 4 is 0 Å². The average Bonchev–Trinajstić information content (AvgIpc) is 2.58. The first-order valence-corrected chi connectivity index (χ1v) is 7.49. The van der Waals surface area contributed by atoms with Crippen LogP contribution in [0.4, 0.5) is 0 Å². The zero-order valence-corrected chi connectivity index (χ0v) is 15.3. The first kappa shape index (κ1) is 17.6. The van der Waals surface area contributed by atoms with Gasteiger partial charge in [0.1, 0.15) is 7.05 Å². The Morgan fingerprint density at radius 2 is 1.43 bits per heavy atom. The molecule has 1 heterocycles. The number of hydrogen-bond donors (Lipinski definition) is 0. The third-order valence-electron chi connectivity index (χ3n) is 3.73. The Hall–Kier alpha value is -1.72. The molecule has 0 aliphatic rings. The second kappa shape index (κ2) is 8.79. The zero-order valence-electron chi connectivity index (χ0n) is 13.1. The van der Waals surface area contributed by atoms with E-state index in [1.165, 1.54) is 11.1 Å². The Morgan fingerprint density at radius 1 is 0.826 bits per heavy atom. The van der Waals surface area contributed by atoms with E-state index in [1.807, 2.05) is 30.3 Å². The van der Waals surface area contributed by atoms with E-state index < -0.39 is 0 Å². The smallest absolute Gasteiger partial charge is 0.214 e. The van der Waals surface area contributed by atoms with Crippen LogP contribution in [0.3, 0.4) is 0 Å². The van der Waals surface area contributed by atoms with Gasteiger partial charge < -0.3 is 28.7 Å². The third kappa shape index (κ3) is 4.62. The zero-order chi connectivity index (χ0) is 15.2. The van der Waals surface area contributed by atoms with Gasteiger partial charge in [0.25, 0.3) is 0 Å². The molecule has 0 fully saturated rings. The molecule has 0 saturated heterocycles. The van der Waals surface area contributed by atoms with Gasteiger partial charge in [0.05, 0.1) is 6.61 Å². The van der Waals surface area contributed by atoms with Gasteiger partial charge in [-0.05, 0) is 17.2 Å². The molecule has 0 aliphatic carbocycles. The number of hydrogen-bond acceptors (Lipinski definition) is 1. The molecule has 1 atom stereocenters. The molecule has 118 valence electrons. The molecule has 0 saturated carbocycles. The molecule has 3 aromatic rings. The predicted molar refractivity (Wildman–Crippen MR) is 87.1 cm³/mol. The van der Waals surface area contributed by atoms with Crippen LogP contribution >= 0.6 is 0 Å². The molecule has 1 aromatic heterocycles. The van der Waals surface area contributed by atoms with Crippen LogP contribution in [0.5, 0.6) is 0 Å². The van der Waals surface area contributed by atoms with Crippen LogP contribution in [0.1, 0.15) is 22.9 Å². The van der Waals surface area contributed by atoms with E-state index in [2.05, 4.69) is 66.3 Å². The van der Waals surface area contributed by atoms with Gasteiger partial charge in [-0.3, -0.25) is 0 Å². The van der Waals surface area contributed by atoms with Gasteiger partial charge in [-0.15, -0.1) is 0 Å². The Balaban J connectivity index is 0.00000192. The number of nitrogens with zero attached hydrogens (tertiary/aromatic N) is 1. The van der Waals surface area contributed by atoms with E-state index in [9.17, 15) is 0 Å². The number of aromatic nitrogens is 1. The maximum absolute atomic E-state index is 6.26. The molecule has 0 spiro atoms. The van der Waals surface area contributed by atoms with Crippen molar-refractivity contribution in [2.45, 2.75) is 12.7 Å². The SMILES string of the molecule is C[n+]1ccccc1C(OCc1ccccc1)c1ccccc1.[I-]. The van der Waals surface area contributed by atoms with Crippen molar-refractivity contribution in [1.29, 1.82) is 0 Å². The monoisotopic (exact) mass is 417 g/mol. The van der Waals surface area contributed by atoms with Crippen molar-refractivity contribution < 1.29 is 33.3 Å². The van der Waals surface area contributed by atoms with Gasteiger partial charge in [0.2, 0.25) is 5.69 Å². The second-order valence-corrected chi connectivity index (χ2v) is 5.32. The van der Waals surface area contributed by atoms with Gasteiger partial charge in [-0.25, -0.2) is 4.57 Å². The first-order chi connectivity index (χ1) is 10.8. The predicted octanol–water partition coefficient (Wildman–Crippen LogP) is 0.821. The van der Waals surface area contributed by atoms with Gasteiger partial charge in [0.15, 0.2) is 12.3 Å². The highest BCUT2D eigenvalue weighted by Gasteiger charge is 2.22. The minimum absolute atomic E-state index is 0. The van der Waals surface area contributed by atoms with Gasteiger partial charge in [0, 0.05) is 12.1 Å². The van der Waals surface area contributed by atoms with Crippen LogP contribution in [0.2, 0.25) is 0 Å². The van der Waals surface area contributed by atoms with Crippen LogP contribution in [0.25, 0.3) is 0 Å². The number of rotatable bonds is 5. The Morgan fingerprint density at radius 3 is 2.09 bits per heavy atom. The van der Waals surface area contributed by atoms with Gasteiger partial charge in [-0.1, -0.05) is 60.7 Å². The van der Waals surface area contributed by atoms with Gasteiger partial charge in [-0.2, -0.15) is 0 Å². The molecule has 0 aliphatic heterocycles. The normalized spacial score (nSPS) is 11.5. The molecule has 3 heteroatoms. The van der Waals surface area contributed by atoms with Crippen molar-refractivity contribution in [2.75, 3.05) is 0 Å². The Kier molecular flexibility index (Phi) is 6.74. The van der Waals surface area contributed by atoms with Gasteiger partial charge >= 0.3 is 0 Å². The second-order valence-electron chi connectivity index (χ2n) is 5.32. The average molecular weight is 417 g/mol. The lowest BCUT2D eigenvalue weighted by atomic mass is 10.1. The Bertz CT molecular complexity index is 716. The minimum Gasteiger partial charge on any atom is -1.00 e. The fraction of sp³-hybridized carbons (Fsp3) is 0.150. The van der Waals surface area contributed by atoms with E-state index in [0.717, 1.165) is 5.69 Å². The fourth-order valence-corrected chi connectivity index (χ4v) is 2.54. The number of ether oxygens (including phenoxy) is 1. The number of benzene rings is 2. The maximum atomic E-state index is 6.26. The molecule has 0 radical (unpaired) electrons. The molecule has 0 N–H and O–H groups in total. The summed E-state index contributed by atoms with van der Waals surface area (Å²) in [6.45, 7) is 0.593. The van der Waals surface area contributed by atoms with Crippen molar-refractivity contribution in [1.82, 2.24) is 0 Å². The molecule has 2 nitrogen and oxygen atoms in total. The highest BCUT2D eigenvalue weighted by molar-refractivity contribution is 5.24. The lowest BCUT2D eigenvalue weighted by Gasteiger charge is -2.16. The molecule has 1 unspecified atom stereocenters. The summed E-state index contributed by atoms with van der Waals surface area (Å²) in [6, 6.07) is 26.8. The summed E-state index contributed by atoms with van der Waals surface area (Å²) < 4.78 is 8.37. The first-order valence-electron chi connectivity index (χ1n) is 7.49. The standard InChI is InChI=1S/C20H20NO.HI/c1-21-15-9-8-14-19(21)20(18-12-6-3-7-13-18)22-16-17-10-4-2-5-11-17;/h2-15,20H,16H2,1H3;1H/q+1;/p-1. The molecule has 2 aromatic carbocycles. The fourth-order valence-electron chi connectivity index (χ4n) is 2.54. The van der Waals surface area contributed by atoms with Crippen LogP contribution in [0.15, 0.2) is 85.1 Å². The van der Waals surface area contributed by atoms with Crippen molar-refractivity contribution in [3.63, 3.8) is 0 Å². The lowest BCUT2D eigenvalue weighted by Crippen LogP contribution is -3.00. The molecule has 0 amide bonds. The summed E-state index contributed by atoms with van der Waals surface area (Å²) in [5.74, 6) is 0. The minimum atomic E-state index is -0.0763. The van der Waals surface area contributed by atoms with Crippen molar-refractivity contribution in [2.24, 2.45) is 7.05 Å². The van der Waals surface area contributed by atoms with E-state index in [-0.39, 0.29) is 30.1 Å². The maximum Gasteiger partial charge on any atom is 0.214 e. The van der Waals surface area contributed by atoms with Crippen LogP contribution in [-0.2, 0) is 18.4 Å². The molecule has 0 bridgehead atoms. The Labute approximate surface area is 154 Å². The highest BCUT2D eigenvalue weighted by Crippen LogP contribution is 2.24. The summed E-state index contributed by atoms with van der Waals surface area (Å²) in [6.07, 6.45) is 1.98. The quantitative estimate of drug-likeness (QED) is 0.443. The molecule has 3 rings (SSSR count). The summed E-state index contributed by atoms with van der Waals surface area (Å²) in [5.41, 5.74) is 3.49. The summed E-state index contributed by atoms with van der Waals surface area (Å²) in [5, 5.41) is 0. The van der Waals surface area contributed by atoms with Crippen molar-refractivity contribution in [3.05, 3.63) is 102 Å². The summed E-state index contributed by atoms with van der Waals surface area (Å²) in [4.78, 5) is 0. The molecule has 23 heavy (non-hydrogen) atoms. The topological polar surface area (TPSA) is 13.1 Å². The van der Waals surface area contributed by atoms with Crippen LogP contribution in [0, 0.1) is 0 Å². The number of halogens is 1.